The maximum absolute atomic E-state index is 4.70. The molecule has 0 atom stereocenters. The van der Waals surface area contributed by atoms with Crippen LogP contribution in [0.5, 0.6) is 0 Å². The van der Waals surface area contributed by atoms with E-state index in [0.717, 1.165) is 61.3 Å². The lowest BCUT2D eigenvalue weighted by atomic mass is 10.1. The molecule has 1 aromatic carbocycles. The summed E-state index contributed by atoms with van der Waals surface area (Å²) in [7, 11) is 4.27. The third-order valence-electron chi connectivity index (χ3n) is 5.48. The number of anilines is 2. The molecule has 28 heavy (non-hydrogen) atoms. The van der Waals surface area contributed by atoms with Gasteiger partial charge in [-0.3, -0.25) is 4.98 Å². The number of benzene rings is 1. The number of likely N-dealkylation sites (N-methyl/N-ethyl adjacent to an activating group) is 1. The van der Waals surface area contributed by atoms with Gasteiger partial charge in [0.05, 0.1) is 23.4 Å². The second kappa shape index (κ2) is 7.72. The maximum atomic E-state index is 4.70. The third kappa shape index (κ3) is 3.78. The van der Waals surface area contributed by atoms with Crippen molar-refractivity contribution in [2.24, 2.45) is 0 Å². The van der Waals surface area contributed by atoms with Gasteiger partial charge in [-0.25, -0.2) is 9.97 Å². The van der Waals surface area contributed by atoms with Crippen LogP contribution in [0.15, 0.2) is 36.5 Å². The summed E-state index contributed by atoms with van der Waals surface area (Å²) in [6, 6.07) is 10.6. The highest BCUT2D eigenvalue weighted by Crippen LogP contribution is 2.28. The van der Waals surface area contributed by atoms with Crippen molar-refractivity contribution in [1.82, 2.24) is 19.9 Å². The summed E-state index contributed by atoms with van der Waals surface area (Å²) in [5.74, 6) is 1.86. The highest BCUT2D eigenvalue weighted by Gasteiger charge is 2.17. The van der Waals surface area contributed by atoms with Crippen molar-refractivity contribution in [3.63, 3.8) is 0 Å². The molecule has 6 nitrogen and oxygen atoms in total. The molecule has 1 aliphatic heterocycles. The van der Waals surface area contributed by atoms with Crippen LogP contribution in [0.25, 0.3) is 10.9 Å². The maximum Gasteiger partial charge on any atom is 0.132 e. The summed E-state index contributed by atoms with van der Waals surface area (Å²) < 4.78 is 0. The number of hydrogen-bond donors (Lipinski definition) is 0. The minimum absolute atomic E-state index is 0.721. The molecule has 1 aliphatic rings. The Labute approximate surface area is 166 Å². The zero-order chi connectivity index (χ0) is 19.7. The van der Waals surface area contributed by atoms with Gasteiger partial charge in [0.15, 0.2) is 0 Å². The molecule has 1 saturated heterocycles. The lowest BCUT2D eigenvalue weighted by Crippen LogP contribution is -2.45. The zero-order valence-corrected chi connectivity index (χ0v) is 17.2. The van der Waals surface area contributed by atoms with E-state index >= 15 is 0 Å². The van der Waals surface area contributed by atoms with E-state index in [1.165, 1.54) is 10.9 Å². The molecule has 3 heterocycles. The van der Waals surface area contributed by atoms with E-state index in [2.05, 4.69) is 70.0 Å². The molecule has 0 radical (unpaired) electrons. The van der Waals surface area contributed by atoms with E-state index in [0.29, 0.717) is 0 Å². The predicted molar refractivity (Wildman–Crippen MR) is 115 cm³/mol. The van der Waals surface area contributed by atoms with Crippen LogP contribution in [0.3, 0.4) is 0 Å². The molecular formula is C22H28N6. The number of rotatable bonds is 4. The van der Waals surface area contributed by atoms with Gasteiger partial charge >= 0.3 is 0 Å². The second-order valence-electron chi connectivity index (χ2n) is 7.71. The molecular weight excluding hydrogens is 348 g/mol. The van der Waals surface area contributed by atoms with Crippen LogP contribution >= 0.6 is 0 Å². The van der Waals surface area contributed by atoms with Crippen molar-refractivity contribution in [3.8, 4) is 0 Å². The van der Waals surface area contributed by atoms with Crippen molar-refractivity contribution < 1.29 is 0 Å². The Morgan fingerprint density at radius 2 is 1.82 bits per heavy atom. The van der Waals surface area contributed by atoms with Crippen molar-refractivity contribution in [3.05, 3.63) is 53.6 Å². The molecule has 0 amide bonds. The number of pyridine rings is 1. The van der Waals surface area contributed by atoms with Gasteiger partial charge in [-0.2, -0.15) is 0 Å². The average molecular weight is 377 g/mol. The van der Waals surface area contributed by atoms with E-state index in [4.69, 9.17) is 4.98 Å². The van der Waals surface area contributed by atoms with E-state index < -0.39 is 0 Å². The summed E-state index contributed by atoms with van der Waals surface area (Å²) in [5.41, 5.74) is 4.44. The molecule has 0 unspecified atom stereocenters. The van der Waals surface area contributed by atoms with Crippen molar-refractivity contribution in [2.45, 2.75) is 20.4 Å². The van der Waals surface area contributed by atoms with Gasteiger partial charge in [0, 0.05) is 50.9 Å². The fourth-order valence-electron chi connectivity index (χ4n) is 3.83. The molecule has 0 aliphatic carbocycles. The highest BCUT2D eigenvalue weighted by molar-refractivity contribution is 5.92. The van der Waals surface area contributed by atoms with Gasteiger partial charge in [0.2, 0.25) is 0 Å². The topological polar surface area (TPSA) is 48.4 Å². The fraction of sp³-hybridized carbons (Fsp3) is 0.409. The zero-order valence-electron chi connectivity index (χ0n) is 17.2. The number of nitrogens with zero attached hydrogens (tertiary/aromatic N) is 6. The normalized spacial score (nSPS) is 15.2. The van der Waals surface area contributed by atoms with Crippen LogP contribution in [0.1, 0.15) is 17.1 Å². The van der Waals surface area contributed by atoms with Crippen LogP contribution in [0.2, 0.25) is 0 Å². The largest absolute Gasteiger partial charge is 0.367 e. The van der Waals surface area contributed by atoms with Crippen LogP contribution in [-0.2, 0) is 6.54 Å². The van der Waals surface area contributed by atoms with E-state index in [9.17, 15) is 0 Å². The van der Waals surface area contributed by atoms with E-state index in [1.54, 1.807) is 0 Å². The van der Waals surface area contributed by atoms with E-state index in [1.807, 2.05) is 19.2 Å². The lowest BCUT2D eigenvalue weighted by Gasteiger charge is -2.33. The van der Waals surface area contributed by atoms with Gasteiger partial charge in [-0.15, -0.1) is 0 Å². The first kappa shape index (κ1) is 18.6. The Balaban J connectivity index is 1.60. The monoisotopic (exact) mass is 376 g/mol. The molecule has 4 rings (SSSR count). The van der Waals surface area contributed by atoms with Gasteiger partial charge in [0.1, 0.15) is 11.6 Å². The molecule has 0 spiro atoms. The number of piperazine rings is 1. The average Bonchev–Trinajstić information content (AvgIpc) is 2.68. The first-order valence-electron chi connectivity index (χ1n) is 9.85. The summed E-state index contributed by atoms with van der Waals surface area (Å²) in [5, 5.41) is 1.20. The number of aryl methyl sites for hydroxylation is 2. The first-order chi connectivity index (χ1) is 13.5. The quantitative estimate of drug-likeness (QED) is 0.698. The molecule has 146 valence electrons. The van der Waals surface area contributed by atoms with Crippen LogP contribution in [0, 0.1) is 13.8 Å². The summed E-state index contributed by atoms with van der Waals surface area (Å²) in [6.07, 6.45) is 1.86. The van der Waals surface area contributed by atoms with Crippen LogP contribution in [-0.4, -0.2) is 60.1 Å². The fourth-order valence-corrected chi connectivity index (χ4v) is 3.83. The number of hydrogen-bond acceptors (Lipinski definition) is 6. The smallest absolute Gasteiger partial charge is 0.132 e. The van der Waals surface area contributed by atoms with Crippen molar-refractivity contribution in [1.29, 1.82) is 0 Å². The Bertz CT molecular complexity index is 978. The Morgan fingerprint density at radius 3 is 2.61 bits per heavy atom. The SMILES string of the molecule is Cc1nc(CN(C)c2ccc(C)c3cccnc23)cc(N2CCN(C)CC2)n1. The molecule has 0 bridgehead atoms. The van der Waals surface area contributed by atoms with E-state index in [-0.39, 0.29) is 0 Å². The lowest BCUT2D eigenvalue weighted by molar-refractivity contribution is 0.312. The molecule has 3 aromatic rings. The van der Waals surface area contributed by atoms with Gasteiger partial charge in [-0.05, 0) is 38.6 Å². The molecule has 6 heteroatoms. The molecule has 2 aromatic heterocycles. The molecule has 1 fully saturated rings. The third-order valence-corrected chi connectivity index (χ3v) is 5.48. The molecule has 0 saturated carbocycles. The minimum Gasteiger partial charge on any atom is -0.367 e. The highest BCUT2D eigenvalue weighted by atomic mass is 15.3. The predicted octanol–water partition coefficient (Wildman–Crippen LogP) is 3.03. The first-order valence-corrected chi connectivity index (χ1v) is 9.85. The van der Waals surface area contributed by atoms with Gasteiger partial charge in [-0.1, -0.05) is 12.1 Å². The number of aromatic nitrogens is 3. The summed E-state index contributed by atoms with van der Waals surface area (Å²) in [6.45, 7) is 8.98. The second-order valence-corrected chi connectivity index (χ2v) is 7.71. The summed E-state index contributed by atoms with van der Waals surface area (Å²) >= 11 is 0. The molecule has 0 N–H and O–H groups in total. The standard InChI is InChI=1S/C22H28N6/c1-16-7-8-20(22-19(16)6-5-9-23-22)27(4)15-18-14-21(25-17(2)24-18)28-12-10-26(3)11-13-28/h5-9,14H,10-13,15H2,1-4H3. The Morgan fingerprint density at radius 1 is 1.04 bits per heavy atom. The Hall–Kier alpha value is -2.73. The van der Waals surface area contributed by atoms with Gasteiger partial charge < -0.3 is 14.7 Å². The minimum atomic E-state index is 0.721. The van der Waals surface area contributed by atoms with Crippen molar-refractivity contribution >= 4 is 22.4 Å². The van der Waals surface area contributed by atoms with Gasteiger partial charge in [0.25, 0.3) is 0 Å². The van der Waals surface area contributed by atoms with Crippen LogP contribution < -0.4 is 9.80 Å². The van der Waals surface area contributed by atoms with Crippen molar-refractivity contribution in [2.75, 3.05) is 50.1 Å². The van der Waals surface area contributed by atoms with Crippen LogP contribution in [0.4, 0.5) is 11.5 Å². The number of fused-ring (bicyclic) bond motifs is 1. The Kier molecular flexibility index (Phi) is 5.13. The summed E-state index contributed by atoms with van der Waals surface area (Å²) in [4.78, 5) is 21.0.